The van der Waals surface area contributed by atoms with Crippen molar-refractivity contribution in [2.24, 2.45) is 0 Å². The van der Waals surface area contributed by atoms with Gasteiger partial charge in [0.1, 0.15) is 0 Å². The third-order valence-electron chi connectivity index (χ3n) is 1.61. The van der Waals surface area contributed by atoms with E-state index >= 15 is 0 Å². The standard InChI is InChI=1S/C9H7BrCl2O3/c1-4(9(13)14)15-8-6(11)2-5(10)3-7(8)12/h2-4H,1H3,(H,13,14). The fourth-order valence-electron chi connectivity index (χ4n) is 0.869. The highest BCUT2D eigenvalue weighted by Gasteiger charge is 2.17. The average molecular weight is 314 g/mol. The van der Waals surface area contributed by atoms with Crippen molar-refractivity contribution in [3.8, 4) is 5.75 Å². The van der Waals surface area contributed by atoms with Crippen LogP contribution in [0.25, 0.3) is 0 Å². The highest BCUT2D eigenvalue weighted by atomic mass is 79.9. The maximum Gasteiger partial charge on any atom is 0.344 e. The Morgan fingerprint density at radius 2 is 1.93 bits per heavy atom. The summed E-state index contributed by atoms with van der Waals surface area (Å²) in [6.45, 7) is 1.40. The van der Waals surface area contributed by atoms with Gasteiger partial charge in [-0.25, -0.2) is 4.79 Å². The lowest BCUT2D eigenvalue weighted by atomic mass is 10.3. The fourth-order valence-corrected chi connectivity index (χ4v) is 2.17. The van der Waals surface area contributed by atoms with E-state index in [0.29, 0.717) is 4.47 Å². The largest absolute Gasteiger partial charge is 0.479 e. The Morgan fingerprint density at radius 1 is 1.47 bits per heavy atom. The molecule has 0 radical (unpaired) electrons. The van der Waals surface area contributed by atoms with Crippen LogP contribution in [0.5, 0.6) is 5.75 Å². The van der Waals surface area contributed by atoms with Gasteiger partial charge in [-0.2, -0.15) is 0 Å². The van der Waals surface area contributed by atoms with Gasteiger partial charge < -0.3 is 9.84 Å². The number of ether oxygens (including phenoxy) is 1. The Morgan fingerprint density at radius 3 is 2.33 bits per heavy atom. The first-order chi connectivity index (χ1) is 6.91. The van der Waals surface area contributed by atoms with Crippen molar-refractivity contribution >= 4 is 45.1 Å². The molecule has 1 aromatic rings. The monoisotopic (exact) mass is 312 g/mol. The van der Waals surface area contributed by atoms with Crippen molar-refractivity contribution in [1.29, 1.82) is 0 Å². The molecule has 1 unspecified atom stereocenters. The first-order valence-electron chi connectivity index (χ1n) is 3.96. The number of carboxylic acid groups (broad SMARTS) is 1. The lowest BCUT2D eigenvalue weighted by Crippen LogP contribution is -2.23. The zero-order chi connectivity index (χ0) is 11.6. The van der Waals surface area contributed by atoms with Gasteiger partial charge in [-0.3, -0.25) is 0 Å². The van der Waals surface area contributed by atoms with Gasteiger partial charge in [0.2, 0.25) is 0 Å². The summed E-state index contributed by atoms with van der Waals surface area (Å²) >= 11 is 14.9. The number of hydrogen-bond donors (Lipinski definition) is 1. The minimum absolute atomic E-state index is 0.177. The zero-order valence-corrected chi connectivity index (χ0v) is 10.7. The summed E-state index contributed by atoms with van der Waals surface area (Å²) in [5.74, 6) is -0.901. The van der Waals surface area contributed by atoms with E-state index in [1.165, 1.54) is 6.92 Å². The van der Waals surface area contributed by atoms with E-state index in [4.69, 9.17) is 33.0 Å². The molecule has 0 fully saturated rings. The molecular weight excluding hydrogens is 307 g/mol. The summed E-state index contributed by atoms with van der Waals surface area (Å²) < 4.78 is 5.81. The summed E-state index contributed by atoms with van der Waals surface area (Å²) in [4.78, 5) is 10.6. The topological polar surface area (TPSA) is 46.5 Å². The van der Waals surface area contributed by atoms with Gasteiger partial charge in [0.05, 0.1) is 10.0 Å². The van der Waals surface area contributed by atoms with Gasteiger partial charge in [0.15, 0.2) is 11.9 Å². The molecule has 0 aliphatic rings. The third kappa shape index (κ3) is 3.26. The first kappa shape index (κ1) is 12.6. The molecule has 0 bridgehead atoms. The van der Waals surface area contributed by atoms with E-state index < -0.39 is 12.1 Å². The number of carbonyl (C=O) groups is 1. The maximum atomic E-state index is 10.6. The smallest absolute Gasteiger partial charge is 0.344 e. The molecule has 15 heavy (non-hydrogen) atoms. The number of aliphatic carboxylic acids is 1. The quantitative estimate of drug-likeness (QED) is 0.927. The molecule has 0 saturated heterocycles. The van der Waals surface area contributed by atoms with E-state index in [1.54, 1.807) is 12.1 Å². The Kier molecular flexibility index (Phi) is 4.25. The zero-order valence-electron chi connectivity index (χ0n) is 7.63. The van der Waals surface area contributed by atoms with E-state index in [2.05, 4.69) is 15.9 Å². The Labute approximate surface area is 105 Å². The summed E-state index contributed by atoms with van der Waals surface area (Å²) in [5.41, 5.74) is 0. The molecule has 1 aromatic carbocycles. The fraction of sp³-hybridized carbons (Fsp3) is 0.222. The van der Waals surface area contributed by atoms with E-state index in [0.717, 1.165) is 0 Å². The van der Waals surface area contributed by atoms with Crippen LogP contribution in [0.3, 0.4) is 0 Å². The second-order valence-electron chi connectivity index (χ2n) is 2.80. The minimum atomic E-state index is -1.08. The minimum Gasteiger partial charge on any atom is -0.479 e. The normalized spacial score (nSPS) is 12.3. The summed E-state index contributed by atoms with van der Waals surface area (Å²) in [6.07, 6.45) is -0.999. The molecule has 0 aliphatic carbocycles. The van der Waals surface area contributed by atoms with Crippen LogP contribution in [0, 0.1) is 0 Å². The second-order valence-corrected chi connectivity index (χ2v) is 4.53. The lowest BCUT2D eigenvalue weighted by Gasteiger charge is -2.13. The lowest BCUT2D eigenvalue weighted by molar-refractivity contribution is -0.144. The van der Waals surface area contributed by atoms with Gasteiger partial charge in [-0.15, -0.1) is 0 Å². The van der Waals surface area contributed by atoms with Crippen molar-refractivity contribution in [1.82, 2.24) is 0 Å². The summed E-state index contributed by atoms with van der Waals surface area (Å²) in [6, 6.07) is 3.16. The second kappa shape index (κ2) is 5.05. The Balaban J connectivity index is 3.00. The molecular formula is C9H7BrCl2O3. The van der Waals surface area contributed by atoms with Crippen molar-refractivity contribution in [3.05, 3.63) is 26.7 Å². The molecule has 3 nitrogen and oxygen atoms in total. The highest BCUT2D eigenvalue weighted by molar-refractivity contribution is 9.10. The predicted molar refractivity (Wildman–Crippen MR) is 61.9 cm³/mol. The highest BCUT2D eigenvalue weighted by Crippen LogP contribution is 2.36. The number of carboxylic acids is 1. The molecule has 0 spiro atoms. The van der Waals surface area contributed by atoms with Crippen molar-refractivity contribution in [2.45, 2.75) is 13.0 Å². The van der Waals surface area contributed by atoms with Gasteiger partial charge in [0, 0.05) is 4.47 Å². The molecule has 82 valence electrons. The van der Waals surface area contributed by atoms with Crippen LogP contribution in [-0.2, 0) is 4.79 Å². The Bertz CT molecular complexity index is 372. The predicted octanol–water partition coefficient (Wildman–Crippen LogP) is 3.61. The van der Waals surface area contributed by atoms with Crippen LogP contribution in [-0.4, -0.2) is 17.2 Å². The Hall–Kier alpha value is -0.450. The maximum absolute atomic E-state index is 10.6. The molecule has 1 rings (SSSR count). The molecule has 0 aromatic heterocycles. The van der Waals surface area contributed by atoms with Gasteiger partial charge in [-0.05, 0) is 19.1 Å². The van der Waals surface area contributed by atoms with E-state index in [1.807, 2.05) is 0 Å². The third-order valence-corrected chi connectivity index (χ3v) is 2.62. The van der Waals surface area contributed by atoms with Crippen LogP contribution in [0.4, 0.5) is 0 Å². The molecule has 0 amide bonds. The van der Waals surface area contributed by atoms with Crippen LogP contribution < -0.4 is 4.74 Å². The SMILES string of the molecule is CC(Oc1c(Cl)cc(Br)cc1Cl)C(=O)O. The molecule has 6 heteroatoms. The number of halogens is 3. The number of rotatable bonds is 3. The van der Waals surface area contributed by atoms with Crippen molar-refractivity contribution in [2.75, 3.05) is 0 Å². The van der Waals surface area contributed by atoms with Crippen LogP contribution >= 0.6 is 39.1 Å². The molecule has 0 aliphatic heterocycles. The van der Waals surface area contributed by atoms with Crippen LogP contribution in [0.1, 0.15) is 6.92 Å². The van der Waals surface area contributed by atoms with Gasteiger partial charge in [0.25, 0.3) is 0 Å². The number of hydrogen-bond acceptors (Lipinski definition) is 2. The number of benzene rings is 1. The summed E-state index contributed by atoms with van der Waals surface area (Å²) in [5, 5.41) is 9.19. The van der Waals surface area contributed by atoms with E-state index in [9.17, 15) is 4.79 Å². The van der Waals surface area contributed by atoms with Crippen molar-refractivity contribution < 1.29 is 14.6 Å². The molecule has 0 heterocycles. The first-order valence-corrected chi connectivity index (χ1v) is 5.50. The average Bonchev–Trinajstić information content (AvgIpc) is 2.10. The molecule has 1 atom stereocenters. The van der Waals surface area contributed by atoms with Gasteiger partial charge in [-0.1, -0.05) is 39.1 Å². The molecule has 1 N–H and O–H groups in total. The van der Waals surface area contributed by atoms with E-state index in [-0.39, 0.29) is 15.8 Å². The molecule has 0 saturated carbocycles. The van der Waals surface area contributed by atoms with Crippen molar-refractivity contribution in [3.63, 3.8) is 0 Å². The van der Waals surface area contributed by atoms with Crippen LogP contribution in [0.2, 0.25) is 10.0 Å². The van der Waals surface area contributed by atoms with Gasteiger partial charge >= 0.3 is 5.97 Å². The van der Waals surface area contributed by atoms with Crippen LogP contribution in [0.15, 0.2) is 16.6 Å². The summed E-state index contributed by atoms with van der Waals surface area (Å²) in [7, 11) is 0.